The molecule has 0 saturated heterocycles. The number of ether oxygens (including phenoxy) is 1. The van der Waals surface area contributed by atoms with Crippen molar-refractivity contribution in [1.29, 1.82) is 0 Å². The third kappa shape index (κ3) is 2.87. The fourth-order valence-corrected chi connectivity index (χ4v) is 1.38. The summed E-state index contributed by atoms with van der Waals surface area (Å²) in [6, 6.07) is 7.63. The summed E-state index contributed by atoms with van der Waals surface area (Å²) < 4.78 is 28.3. The molecule has 4 nitrogen and oxygen atoms in total. The van der Waals surface area contributed by atoms with Crippen LogP contribution in [0.3, 0.4) is 0 Å². The molecule has 0 saturated carbocycles. The van der Waals surface area contributed by atoms with Crippen LogP contribution in [0, 0.1) is 0 Å². The molecule has 0 atom stereocenters. The summed E-state index contributed by atoms with van der Waals surface area (Å²) in [6.45, 7) is -2.87. The van der Waals surface area contributed by atoms with E-state index in [0.717, 1.165) is 0 Å². The number of nitrogens with zero attached hydrogens (tertiary/aromatic N) is 1. The summed E-state index contributed by atoms with van der Waals surface area (Å²) in [6.07, 6.45) is 1.34. The normalized spacial score (nSPS) is 10.5. The summed E-state index contributed by atoms with van der Waals surface area (Å²) >= 11 is 0. The maximum Gasteiger partial charge on any atom is 0.387 e. The second kappa shape index (κ2) is 4.73. The van der Waals surface area contributed by atoms with Crippen LogP contribution in [0.1, 0.15) is 0 Å². The van der Waals surface area contributed by atoms with E-state index in [-0.39, 0.29) is 5.75 Å². The molecule has 2 aromatic rings. The van der Waals surface area contributed by atoms with Crippen LogP contribution in [0.2, 0.25) is 0 Å². The Morgan fingerprint density at radius 3 is 2.82 bits per heavy atom. The Bertz CT molecular complexity index is 569. The zero-order chi connectivity index (χ0) is 12.3. The van der Waals surface area contributed by atoms with Gasteiger partial charge in [-0.15, -0.1) is 0 Å². The van der Waals surface area contributed by atoms with E-state index in [9.17, 15) is 13.6 Å². The molecule has 1 aromatic heterocycles. The van der Waals surface area contributed by atoms with Gasteiger partial charge < -0.3 is 9.72 Å². The maximum atomic E-state index is 12.0. The predicted octanol–water partition coefficient (Wildman–Crippen LogP) is 2.04. The first-order valence-corrected chi connectivity index (χ1v) is 4.76. The predicted molar refractivity (Wildman–Crippen MR) is 56.9 cm³/mol. The van der Waals surface area contributed by atoms with E-state index in [1.54, 1.807) is 18.2 Å². The number of halogens is 2. The number of aromatic amines is 1. The molecule has 0 radical (unpaired) electrons. The zero-order valence-corrected chi connectivity index (χ0v) is 8.56. The highest BCUT2D eigenvalue weighted by atomic mass is 19.3. The number of nitrogens with one attached hydrogen (secondary N) is 1. The minimum absolute atomic E-state index is 0.0372. The molecule has 1 aromatic carbocycles. The number of rotatable bonds is 3. The van der Waals surface area contributed by atoms with Gasteiger partial charge in [-0.05, 0) is 18.2 Å². The van der Waals surface area contributed by atoms with E-state index in [1.807, 2.05) is 0 Å². The molecule has 6 heteroatoms. The second-order valence-corrected chi connectivity index (χ2v) is 3.20. The topological polar surface area (TPSA) is 55.0 Å². The van der Waals surface area contributed by atoms with E-state index in [4.69, 9.17) is 0 Å². The van der Waals surface area contributed by atoms with Crippen molar-refractivity contribution in [1.82, 2.24) is 9.97 Å². The monoisotopic (exact) mass is 238 g/mol. The van der Waals surface area contributed by atoms with Crippen LogP contribution >= 0.6 is 0 Å². The van der Waals surface area contributed by atoms with Gasteiger partial charge in [0.05, 0.1) is 5.69 Å². The van der Waals surface area contributed by atoms with Crippen LogP contribution in [0.15, 0.2) is 41.3 Å². The number of alkyl halides is 2. The van der Waals surface area contributed by atoms with Crippen molar-refractivity contribution in [2.45, 2.75) is 6.61 Å². The average Bonchev–Trinajstić information content (AvgIpc) is 2.28. The third-order valence-corrected chi connectivity index (χ3v) is 2.04. The molecular weight excluding hydrogens is 230 g/mol. The maximum absolute atomic E-state index is 12.0. The minimum Gasteiger partial charge on any atom is -0.435 e. The van der Waals surface area contributed by atoms with Gasteiger partial charge in [0.15, 0.2) is 0 Å². The Hall–Kier alpha value is -2.24. The Morgan fingerprint density at radius 1 is 1.29 bits per heavy atom. The quantitative estimate of drug-likeness (QED) is 0.890. The fourth-order valence-electron chi connectivity index (χ4n) is 1.38. The molecule has 17 heavy (non-hydrogen) atoms. The summed E-state index contributed by atoms with van der Waals surface area (Å²) in [5, 5.41) is 0. The van der Waals surface area contributed by atoms with Crippen LogP contribution in [-0.2, 0) is 0 Å². The lowest BCUT2D eigenvalue weighted by Crippen LogP contribution is -2.09. The molecule has 0 unspecified atom stereocenters. The first kappa shape index (κ1) is 11.3. The van der Waals surface area contributed by atoms with E-state index in [2.05, 4.69) is 14.7 Å². The second-order valence-electron chi connectivity index (χ2n) is 3.20. The molecule has 0 aliphatic rings. The molecule has 1 heterocycles. The van der Waals surface area contributed by atoms with Crippen molar-refractivity contribution in [3.05, 3.63) is 47.0 Å². The van der Waals surface area contributed by atoms with Crippen molar-refractivity contribution in [2.24, 2.45) is 0 Å². The molecule has 1 N–H and O–H groups in total. The Morgan fingerprint density at radius 2 is 2.12 bits per heavy atom. The molecule has 0 spiro atoms. The lowest BCUT2D eigenvalue weighted by molar-refractivity contribution is -0.0498. The molecule has 0 fully saturated rings. The van der Waals surface area contributed by atoms with E-state index < -0.39 is 12.3 Å². The van der Waals surface area contributed by atoms with E-state index >= 15 is 0 Å². The lowest BCUT2D eigenvalue weighted by atomic mass is 10.1. The molecule has 0 amide bonds. The van der Waals surface area contributed by atoms with Crippen LogP contribution in [0.4, 0.5) is 8.78 Å². The van der Waals surface area contributed by atoms with E-state index in [0.29, 0.717) is 11.3 Å². The van der Waals surface area contributed by atoms with Gasteiger partial charge in [-0.3, -0.25) is 0 Å². The highest BCUT2D eigenvalue weighted by Crippen LogP contribution is 2.22. The fraction of sp³-hybridized carbons (Fsp3) is 0.0909. The molecule has 0 aliphatic carbocycles. The number of hydrogen-bond acceptors (Lipinski definition) is 3. The Labute approximate surface area is 94.9 Å². The van der Waals surface area contributed by atoms with Gasteiger partial charge in [0.2, 0.25) is 0 Å². The number of aromatic nitrogens is 2. The molecule has 88 valence electrons. The molecular formula is C11H8F2N2O2. The van der Waals surface area contributed by atoms with Gasteiger partial charge in [0, 0.05) is 11.8 Å². The first-order valence-electron chi connectivity index (χ1n) is 4.76. The van der Waals surface area contributed by atoms with Gasteiger partial charge in [-0.2, -0.15) is 8.78 Å². The van der Waals surface area contributed by atoms with Crippen LogP contribution < -0.4 is 10.4 Å². The van der Waals surface area contributed by atoms with Gasteiger partial charge in [0.1, 0.15) is 5.75 Å². The highest BCUT2D eigenvalue weighted by molar-refractivity contribution is 5.60. The highest BCUT2D eigenvalue weighted by Gasteiger charge is 2.05. The summed E-state index contributed by atoms with van der Waals surface area (Å²) in [5.74, 6) is 0.0372. The summed E-state index contributed by atoms with van der Waals surface area (Å²) in [4.78, 5) is 17.0. The number of H-pyrrole nitrogens is 1. The molecule has 0 bridgehead atoms. The van der Waals surface area contributed by atoms with Crippen molar-refractivity contribution in [3.63, 3.8) is 0 Å². The first-order chi connectivity index (χ1) is 8.15. The number of hydrogen-bond donors (Lipinski definition) is 1. The molecule has 2 rings (SSSR count). The lowest BCUT2D eigenvalue weighted by Gasteiger charge is -2.06. The SMILES string of the molecule is O=c1nccc(-c2cccc(OC(F)F)c2)[nH]1. The van der Waals surface area contributed by atoms with Crippen molar-refractivity contribution >= 4 is 0 Å². The van der Waals surface area contributed by atoms with Crippen LogP contribution in [-0.4, -0.2) is 16.6 Å². The largest absolute Gasteiger partial charge is 0.435 e. The van der Waals surface area contributed by atoms with Crippen molar-refractivity contribution < 1.29 is 13.5 Å². The van der Waals surface area contributed by atoms with Gasteiger partial charge in [-0.25, -0.2) is 9.78 Å². The minimum atomic E-state index is -2.87. The van der Waals surface area contributed by atoms with Crippen LogP contribution in [0.5, 0.6) is 5.75 Å². The zero-order valence-electron chi connectivity index (χ0n) is 8.56. The summed E-state index contributed by atoms with van der Waals surface area (Å²) in [5.41, 5.74) is 0.565. The van der Waals surface area contributed by atoms with Crippen LogP contribution in [0.25, 0.3) is 11.3 Å². The van der Waals surface area contributed by atoms with Crippen molar-refractivity contribution in [3.8, 4) is 17.0 Å². The Balaban J connectivity index is 2.36. The average molecular weight is 238 g/mol. The smallest absolute Gasteiger partial charge is 0.387 e. The summed E-state index contributed by atoms with van der Waals surface area (Å²) in [7, 11) is 0. The third-order valence-electron chi connectivity index (χ3n) is 2.04. The van der Waals surface area contributed by atoms with E-state index in [1.165, 1.54) is 18.3 Å². The Kier molecular flexibility index (Phi) is 3.13. The molecule has 0 aliphatic heterocycles. The van der Waals surface area contributed by atoms with Gasteiger partial charge in [-0.1, -0.05) is 12.1 Å². The standard InChI is InChI=1S/C11H8F2N2O2/c12-10(13)17-8-3-1-2-7(6-8)9-4-5-14-11(16)15-9/h1-6,10H,(H,14,15,16). The van der Waals surface area contributed by atoms with Gasteiger partial charge in [0.25, 0.3) is 0 Å². The van der Waals surface area contributed by atoms with Crippen molar-refractivity contribution in [2.75, 3.05) is 0 Å². The number of benzene rings is 1. The van der Waals surface area contributed by atoms with Gasteiger partial charge >= 0.3 is 12.3 Å².